The van der Waals surface area contributed by atoms with Gasteiger partial charge < -0.3 is 14.1 Å². The van der Waals surface area contributed by atoms with Gasteiger partial charge in [-0.2, -0.15) is 0 Å². The maximum atomic E-state index is 5.96. The Morgan fingerprint density at radius 2 is 1.84 bits per heavy atom. The van der Waals surface area contributed by atoms with Crippen LogP contribution in [-0.2, 0) is 10.5 Å². The first-order valence-electron chi connectivity index (χ1n) is 10.3. The molecule has 0 N–H and O–H groups in total. The molecule has 158 valence electrons. The fourth-order valence-corrected chi connectivity index (χ4v) is 4.36. The average Bonchev–Trinajstić information content (AvgIpc) is 3.46. The van der Waals surface area contributed by atoms with E-state index in [1.807, 2.05) is 30.3 Å². The lowest BCUT2D eigenvalue weighted by Crippen LogP contribution is -2.37. The Bertz CT molecular complexity index is 1150. The Labute approximate surface area is 185 Å². The minimum Gasteiger partial charge on any atom is -0.440 e. The molecule has 1 fully saturated rings. The summed E-state index contributed by atoms with van der Waals surface area (Å²) in [6.45, 7) is 5.08. The van der Waals surface area contributed by atoms with E-state index in [1.54, 1.807) is 18.0 Å². The smallest absolute Gasteiger partial charge is 0.232 e. The summed E-state index contributed by atoms with van der Waals surface area (Å²) in [5, 5.41) is 9.84. The maximum Gasteiger partial charge on any atom is 0.232 e. The highest BCUT2D eigenvalue weighted by Crippen LogP contribution is 2.30. The second kappa shape index (κ2) is 8.95. The predicted octanol–water partition coefficient (Wildman–Crippen LogP) is 4.36. The summed E-state index contributed by atoms with van der Waals surface area (Å²) in [7, 11) is 0. The number of morpholine rings is 1. The number of hydrogen-bond acceptors (Lipinski definition) is 7. The van der Waals surface area contributed by atoms with E-state index in [-0.39, 0.29) is 0 Å². The second-order valence-corrected chi connectivity index (χ2v) is 8.27. The van der Waals surface area contributed by atoms with Crippen molar-refractivity contribution in [1.29, 1.82) is 0 Å². The zero-order chi connectivity index (χ0) is 21.0. The van der Waals surface area contributed by atoms with Gasteiger partial charge in [0.15, 0.2) is 10.9 Å². The summed E-state index contributed by atoms with van der Waals surface area (Å²) >= 11 is 1.57. The van der Waals surface area contributed by atoms with Crippen molar-refractivity contribution in [3.63, 3.8) is 0 Å². The maximum absolute atomic E-state index is 5.96. The van der Waals surface area contributed by atoms with Crippen LogP contribution in [0.5, 0.6) is 0 Å². The van der Waals surface area contributed by atoms with Crippen molar-refractivity contribution in [1.82, 2.24) is 19.7 Å². The van der Waals surface area contributed by atoms with Gasteiger partial charge in [-0.25, -0.2) is 4.98 Å². The summed E-state index contributed by atoms with van der Waals surface area (Å²) in [6.07, 6.45) is 1.77. The van der Waals surface area contributed by atoms with Crippen LogP contribution >= 0.6 is 11.8 Å². The molecule has 7 nitrogen and oxygen atoms in total. The molecule has 0 atom stereocenters. The van der Waals surface area contributed by atoms with Crippen molar-refractivity contribution in [3.8, 4) is 17.0 Å². The summed E-state index contributed by atoms with van der Waals surface area (Å²) in [5.41, 5.74) is 3.26. The molecule has 0 unspecified atom stereocenters. The van der Waals surface area contributed by atoms with E-state index in [1.165, 1.54) is 5.56 Å². The Hall–Kier alpha value is -3.10. The number of hydrogen-bond donors (Lipinski definition) is 0. The molecule has 1 aliphatic rings. The molecule has 8 heteroatoms. The number of nitrogens with zero attached hydrogens (tertiary/aromatic N) is 5. The van der Waals surface area contributed by atoms with Crippen molar-refractivity contribution in [3.05, 3.63) is 72.2 Å². The van der Waals surface area contributed by atoms with Crippen LogP contribution in [0.4, 0.5) is 5.95 Å². The standard InChI is InChI=1S/C23H23N5O2S/c1-17-6-5-9-19(14-17)28-22(27-10-12-29-13-11-27)25-26-23(28)31-16-21-24-15-20(30-21)18-7-3-2-4-8-18/h2-9,14-15H,10-13,16H2,1H3. The third-order valence-corrected chi connectivity index (χ3v) is 6.02. The quantitative estimate of drug-likeness (QED) is 0.419. The molecular weight excluding hydrogens is 410 g/mol. The lowest BCUT2D eigenvalue weighted by Gasteiger charge is -2.28. The molecule has 0 radical (unpaired) electrons. The molecule has 31 heavy (non-hydrogen) atoms. The average molecular weight is 434 g/mol. The minimum atomic E-state index is 0.569. The number of aryl methyl sites for hydroxylation is 1. The van der Waals surface area contributed by atoms with Gasteiger partial charge in [0.2, 0.25) is 11.8 Å². The van der Waals surface area contributed by atoms with Crippen molar-refractivity contribution in [2.45, 2.75) is 17.8 Å². The second-order valence-electron chi connectivity index (χ2n) is 7.33. The third-order valence-electron chi connectivity index (χ3n) is 5.11. The molecule has 0 aliphatic carbocycles. The Morgan fingerprint density at radius 3 is 2.65 bits per heavy atom. The van der Waals surface area contributed by atoms with Crippen LogP contribution in [0.25, 0.3) is 17.0 Å². The van der Waals surface area contributed by atoms with Crippen LogP contribution in [0.15, 0.2) is 70.4 Å². The van der Waals surface area contributed by atoms with Crippen LogP contribution < -0.4 is 4.90 Å². The van der Waals surface area contributed by atoms with Gasteiger partial charge in [-0.15, -0.1) is 10.2 Å². The van der Waals surface area contributed by atoms with E-state index >= 15 is 0 Å². The minimum absolute atomic E-state index is 0.569. The zero-order valence-corrected chi connectivity index (χ0v) is 18.1. The van der Waals surface area contributed by atoms with Gasteiger partial charge in [-0.3, -0.25) is 4.57 Å². The molecule has 0 saturated carbocycles. The van der Waals surface area contributed by atoms with Gasteiger partial charge in [0.05, 0.1) is 30.9 Å². The van der Waals surface area contributed by atoms with Gasteiger partial charge in [-0.05, 0) is 24.6 Å². The molecule has 0 spiro atoms. The van der Waals surface area contributed by atoms with Crippen LogP contribution in [0.1, 0.15) is 11.5 Å². The molecule has 3 heterocycles. The largest absolute Gasteiger partial charge is 0.440 e. The summed E-state index contributed by atoms with van der Waals surface area (Å²) in [5.74, 6) is 2.84. The fourth-order valence-electron chi connectivity index (χ4n) is 3.56. The molecule has 1 saturated heterocycles. The highest BCUT2D eigenvalue weighted by molar-refractivity contribution is 7.98. The van der Waals surface area contributed by atoms with Crippen LogP contribution in [0.2, 0.25) is 0 Å². The van der Waals surface area contributed by atoms with Crippen molar-refractivity contribution < 1.29 is 9.15 Å². The monoisotopic (exact) mass is 433 g/mol. The molecule has 0 amide bonds. The van der Waals surface area contributed by atoms with E-state index in [9.17, 15) is 0 Å². The Balaban J connectivity index is 1.41. The van der Waals surface area contributed by atoms with Crippen molar-refractivity contribution in [2.75, 3.05) is 31.2 Å². The predicted molar refractivity (Wildman–Crippen MR) is 121 cm³/mol. The zero-order valence-electron chi connectivity index (χ0n) is 17.3. The summed E-state index contributed by atoms with van der Waals surface area (Å²) in [4.78, 5) is 6.67. The Morgan fingerprint density at radius 1 is 1.00 bits per heavy atom. The number of benzene rings is 2. The molecule has 2 aromatic heterocycles. The van der Waals surface area contributed by atoms with Gasteiger partial charge >= 0.3 is 0 Å². The number of anilines is 1. The molecule has 1 aliphatic heterocycles. The van der Waals surface area contributed by atoms with Gasteiger partial charge in [0, 0.05) is 18.7 Å². The SMILES string of the molecule is Cc1cccc(-n2c(SCc3ncc(-c4ccccc4)o3)nnc2N2CCOCC2)c1. The van der Waals surface area contributed by atoms with Gasteiger partial charge in [0.25, 0.3) is 0 Å². The topological polar surface area (TPSA) is 69.2 Å². The highest BCUT2D eigenvalue weighted by atomic mass is 32.2. The van der Waals surface area contributed by atoms with Crippen molar-refractivity contribution >= 4 is 17.7 Å². The molecule has 4 aromatic rings. The number of oxazole rings is 1. The van der Waals surface area contributed by atoms with Gasteiger partial charge in [0.1, 0.15) is 0 Å². The first kappa shape index (κ1) is 19.8. The number of aromatic nitrogens is 4. The normalized spacial score (nSPS) is 14.2. The fraction of sp³-hybridized carbons (Fsp3) is 0.261. The lowest BCUT2D eigenvalue weighted by molar-refractivity contribution is 0.122. The van der Waals surface area contributed by atoms with E-state index < -0.39 is 0 Å². The van der Waals surface area contributed by atoms with Crippen LogP contribution in [-0.4, -0.2) is 46.1 Å². The first-order chi connectivity index (χ1) is 15.3. The highest BCUT2D eigenvalue weighted by Gasteiger charge is 2.22. The lowest BCUT2D eigenvalue weighted by atomic mass is 10.2. The number of thioether (sulfide) groups is 1. The number of ether oxygens (including phenoxy) is 1. The number of rotatable bonds is 6. The molecular formula is C23H23N5O2S. The van der Waals surface area contributed by atoms with E-state index in [2.05, 4.69) is 55.8 Å². The Kier molecular flexibility index (Phi) is 5.73. The molecule has 2 aromatic carbocycles. The third kappa shape index (κ3) is 4.35. The van der Waals surface area contributed by atoms with Crippen LogP contribution in [0.3, 0.4) is 0 Å². The first-order valence-corrected chi connectivity index (χ1v) is 11.2. The van der Waals surface area contributed by atoms with Gasteiger partial charge in [-0.1, -0.05) is 54.2 Å². The van der Waals surface area contributed by atoms with E-state index in [0.29, 0.717) is 24.9 Å². The summed E-state index contributed by atoms with van der Waals surface area (Å²) in [6, 6.07) is 18.4. The van der Waals surface area contributed by atoms with E-state index in [4.69, 9.17) is 9.15 Å². The van der Waals surface area contributed by atoms with Crippen molar-refractivity contribution in [2.24, 2.45) is 0 Å². The molecule has 5 rings (SSSR count). The van der Waals surface area contributed by atoms with Crippen LogP contribution in [0, 0.1) is 6.92 Å². The van der Waals surface area contributed by atoms with E-state index in [0.717, 1.165) is 41.2 Å². The molecule has 0 bridgehead atoms. The summed E-state index contributed by atoms with van der Waals surface area (Å²) < 4.78 is 13.6.